The number of aliphatic hydroxyl groups excluding tert-OH is 1. The first-order valence-electron chi connectivity index (χ1n) is 7.95. The summed E-state index contributed by atoms with van der Waals surface area (Å²) in [5, 5.41) is 11.4. The Kier molecular flexibility index (Phi) is 7.73. The number of carbonyl (C=O) groups excluding carboxylic acids is 1. The monoisotopic (exact) mass is 363 g/mol. The van der Waals surface area contributed by atoms with Gasteiger partial charge < -0.3 is 9.84 Å². The highest BCUT2D eigenvalue weighted by molar-refractivity contribution is 6.18. The zero-order chi connectivity index (χ0) is 18.1. The van der Waals surface area contributed by atoms with E-state index in [0.29, 0.717) is 12.8 Å². The average Bonchev–Trinajstić information content (AvgIpc) is 2.68. The number of benzene rings is 2. The van der Waals surface area contributed by atoms with Gasteiger partial charge in [0.1, 0.15) is 12.4 Å². The second kappa shape index (κ2) is 10.0. The Morgan fingerprint density at radius 1 is 1.12 bits per heavy atom. The number of alkyl halides is 1. The van der Waals surface area contributed by atoms with Gasteiger partial charge in [0, 0.05) is 0 Å². The normalized spacial score (nSPS) is 13.1. The molecule has 0 aliphatic rings. The summed E-state index contributed by atoms with van der Waals surface area (Å²) in [7, 11) is 1.60. The van der Waals surface area contributed by atoms with E-state index in [1.54, 1.807) is 7.11 Å². The van der Waals surface area contributed by atoms with Crippen LogP contribution < -0.4 is 4.74 Å². The fourth-order valence-electron chi connectivity index (χ4n) is 2.43. The summed E-state index contributed by atoms with van der Waals surface area (Å²) < 4.78 is 5.14. The summed E-state index contributed by atoms with van der Waals surface area (Å²) in [6.07, 6.45) is 0.0722. The molecule has 0 bridgehead atoms. The molecule has 0 heterocycles. The molecule has 0 fully saturated rings. The zero-order valence-corrected chi connectivity index (χ0v) is 14.8. The van der Waals surface area contributed by atoms with Crippen molar-refractivity contribution in [3.05, 3.63) is 65.7 Å². The van der Waals surface area contributed by atoms with E-state index >= 15 is 0 Å². The van der Waals surface area contributed by atoms with Crippen molar-refractivity contribution in [3.63, 3.8) is 0 Å². The number of ether oxygens (including phenoxy) is 1. The highest BCUT2D eigenvalue weighted by Crippen LogP contribution is 2.17. The molecule has 2 rings (SSSR count). The third kappa shape index (κ3) is 5.74. The fourth-order valence-corrected chi connectivity index (χ4v) is 2.63. The lowest BCUT2D eigenvalue weighted by Crippen LogP contribution is -2.45. The molecule has 1 amide bonds. The highest BCUT2D eigenvalue weighted by Gasteiger charge is 2.26. The Morgan fingerprint density at radius 3 is 2.36 bits per heavy atom. The molecule has 25 heavy (non-hydrogen) atoms. The van der Waals surface area contributed by atoms with E-state index < -0.39 is 12.1 Å². The third-order valence-electron chi connectivity index (χ3n) is 3.86. The van der Waals surface area contributed by atoms with Gasteiger partial charge in [-0.3, -0.25) is 9.63 Å². The van der Waals surface area contributed by atoms with Gasteiger partial charge in [-0.05, 0) is 29.7 Å². The van der Waals surface area contributed by atoms with Crippen LogP contribution in [0, 0.1) is 0 Å². The van der Waals surface area contributed by atoms with E-state index in [2.05, 4.69) is 0 Å². The lowest BCUT2D eigenvalue weighted by Gasteiger charge is -2.30. The Hall–Kier alpha value is -2.08. The maximum atomic E-state index is 11.5. The smallest absolute Gasteiger partial charge is 0.233 e. The van der Waals surface area contributed by atoms with Gasteiger partial charge in [0.05, 0.1) is 25.1 Å². The van der Waals surface area contributed by atoms with Gasteiger partial charge in [-0.25, -0.2) is 5.06 Å². The number of amides is 1. The standard InChI is InChI=1S/C19H22ClNO4/c1-24-17-9-7-15(8-10-17)11-18(19(23)12-20)21(14-22)25-13-16-5-3-2-4-6-16/h2-10,14,18-19,23H,11-13H2,1H3. The van der Waals surface area contributed by atoms with Crippen LogP contribution in [0.2, 0.25) is 0 Å². The van der Waals surface area contributed by atoms with Crippen LogP contribution in [0.5, 0.6) is 5.75 Å². The predicted molar refractivity (Wildman–Crippen MR) is 96.3 cm³/mol. The Morgan fingerprint density at radius 2 is 1.80 bits per heavy atom. The molecule has 0 spiro atoms. The molecule has 2 atom stereocenters. The first-order valence-corrected chi connectivity index (χ1v) is 8.48. The highest BCUT2D eigenvalue weighted by atomic mass is 35.5. The lowest BCUT2D eigenvalue weighted by molar-refractivity contribution is -0.203. The second-order valence-corrected chi connectivity index (χ2v) is 5.87. The number of hydrogen-bond acceptors (Lipinski definition) is 4. The minimum atomic E-state index is -0.912. The van der Waals surface area contributed by atoms with Gasteiger partial charge in [0.15, 0.2) is 0 Å². The molecule has 5 nitrogen and oxygen atoms in total. The molecule has 0 aliphatic heterocycles. The number of rotatable bonds is 10. The minimum absolute atomic E-state index is 0.000141. The number of methoxy groups -OCH3 is 1. The maximum Gasteiger partial charge on any atom is 0.233 e. The average molecular weight is 364 g/mol. The first-order chi connectivity index (χ1) is 12.2. The van der Waals surface area contributed by atoms with E-state index in [-0.39, 0.29) is 12.5 Å². The van der Waals surface area contributed by atoms with Crippen molar-refractivity contribution in [2.75, 3.05) is 13.0 Å². The number of hydrogen-bond donors (Lipinski definition) is 1. The van der Waals surface area contributed by atoms with Gasteiger partial charge >= 0.3 is 0 Å². The van der Waals surface area contributed by atoms with Gasteiger partial charge in [0.25, 0.3) is 0 Å². The quantitative estimate of drug-likeness (QED) is 0.400. The molecule has 0 aliphatic carbocycles. The maximum absolute atomic E-state index is 11.5. The number of halogens is 1. The Labute approximate surface area is 152 Å². The van der Waals surface area contributed by atoms with Crippen LogP contribution >= 0.6 is 11.6 Å². The molecule has 0 aromatic heterocycles. The number of carbonyl (C=O) groups is 1. The van der Waals surface area contributed by atoms with Crippen LogP contribution in [0.3, 0.4) is 0 Å². The van der Waals surface area contributed by atoms with Crippen LogP contribution in [0.15, 0.2) is 54.6 Å². The molecule has 1 N–H and O–H groups in total. The molecular weight excluding hydrogens is 342 g/mol. The van der Waals surface area contributed by atoms with Crippen molar-refractivity contribution in [1.29, 1.82) is 0 Å². The molecule has 0 saturated heterocycles. The number of nitrogens with zero attached hydrogens (tertiary/aromatic N) is 1. The summed E-state index contributed by atoms with van der Waals surface area (Å²) in [5.74, 6) is 0.741. The van der Waals surface area contributed by atoms with E-state index in [1.165, 1.54) is 0 Å². The molecule has 0 radical (unpaired) electrons. The van der Waals surface area contributed by atoms with Gasteiger partial charge in [0.2, 0.25) is 6.41 Å². The Balaban J connectivity index is 2.08. The van der Waals surface area contributed by atoms with Crippen molar-refractivity contribution in [2.24, 2.45) is 0 Å². The van der Waals surface area contributed by atoms with E-state index in [4.69, 9.17) is 21.2 Å². The molecule has 134 valence electrons. The van der Waals surface area contributed by atoms with Crippen LogP contribution in [-0.4, -0.2) is 41.7 Å². The zero-order valence-electron chi connectivity index (χ0n) is 14.0. The van der Waals surface area contributed by atoms with Crippen molar-refractivity contribution >= 4 is 18.0 Å². The fraction of sp³-hybridized carbons (Fsp3) is 0.316. The van der Waals surface area contributed by atoms with Crippen molar-refractivity contribution in [3.8, 4) is 5.75 Å². The second-order valence-electron chi connectivity index (χ2n) is 5.57. The molecular formula is C19H22ClNO4. The Bertz CT molecular complexity index is 636. The molecule has 2 unspecified atom stereocenters. The topological polar surface area (TPSA) is 59.0 Å². The molecule has 2 aromatic rings. The van der Waals surface area contributed by atoms with Gasteiger partial charge in [-0.15, -0.1) is 11.6 Å². The van der Waals surface area contributed by atoms with Crippen LogP contribution in [-0.2, 0) is 22.7 Å². The summed E-state index contributed by atoms with van der Waals surface area (Å²) in [6, 6.07) is 16.3. The summed E-state index contributed by atoms with van der Waals surface area (Å²) in [4.78, 5) is 17.1. The number of hydroxylamine groups is 2. The molecule has 2 aromatic carbocycles. The van der Waals surface area contributed by atoms with Crippen molar-refractivity contribution in [1.82, 2.24) is 5.06 Å². The first kappa shape index (κ1) is 19.2. The van der Waals surface area contributed by atoms with Crippen LogP contribution in [0.25, 0.3) is 0 Å². The van der Waals surface area contributed by atoms with Crippen molar-refractivity contribution in [2.45, 2.75) is 25.2 Å². The number of aliphatic hydroxyl groups is 1. The molecule has 0 saturated carbocycles. The van der Waals surface area contributed by atoms with Gasteiger partial charge in [-0.2, -0.15) is 0 Å². The predicted octanol–water partition coefficient (Wildman–Crippen LogP) is 2.80. The molecule has 6 heteroatoms. The summed E-state index contributed by atoms with van der Waals surface area (Å²) >= 11 is 5.81. The lowest BCUT2D eigenvalue weighted by atomic mass is 10.0. The van der Waals surface area contributed by atoms with Crippen LogP contribution in [0.4, 0.5) is 0 Å². The van der Waals surface area contributed by atoms with Crippen LogP contribution in [0.1, 0.15) is 11.1 Å². The van der Waals surface area contributed by atoms with Gasteiger partial charge in [-0.1, -0.05) is 42.5 Å². The van der Waals surface area contributed by atoms with Crippen molar-refractivity contribution < 1.29 is 19.5 Å². The third-order valence-corrected chi connectivity index (χ3v) is 4.18. The summed E-state index contributed by atoms with van der Waals surface area (Å²) in [5.41, 5.74) is 1.86. The van der Waals surface area contributed by atoms with E-state index in [0.717, 1.165) is 21.9 Å². The van der Waals surface area contributed by atoms with E-state index in [9.17, 15) is 9.90 Å². The van der Waals surface area contributed by atoms with E-state index in [1.807, 2.05) is 54.6 Å². The largest absolute Gasteiger partial charge is 0.497 e. The SMILES string of the molecule is COc1ccc(CC(C(O)CCl)N(C=O)OCc2ccccc2)cc1. The minimum Gasteiger partial charge on any atom is -0.497 e. The summed E-state index contributed by atoms with van der Waals surface area (Å²) in [6.45, 7) is 0.230.